The predicted octanol–water partition coefficient (Wildman–Crippen LogP) is 0.329. The lowest BCUT2D eigenvalue weighted by Gasteiger charge is -2.34. The molecule has 0 aromatic carbocycles. The lowest BCUT2D eigenvalue weighted by Crippen LogP contribution is -2.40. The Morgan fingerprint density at radius 2 is 2.21 bits per heavy atom. The summed E-state index contributed by atoms with van der Waals surface area (Å²) in [7, 11) is 2.55. The maximum Gasteiger partial charge on any atom is 0.103 e. The summed E-state index contributed by atoms with van der Waals surface area (Å²) in [4.78, 5) is 2.34. The lowest BCUT2D eigenvalue weighted by atomic mass is 10.1. The maximum atomic E-state index is 5.42. The minimum absolute atomic E-state index is 0.419. The van der Waals surface area contributed by atoms with Crippen LogP contribution in [0.25, 0.3) is 0 Å². The van der Waals surface area contributed by atoms with E-state index in [4.69, 9.17) is 9.47 Å². The SMILES string of the molecule is PNC1COC=C(N2CCOCC2)C1. The molecule has 0 radical (unpaired) electrons. The Labute approximate surface area is 86.9 Å². The Bertz CT molecular complexity index is 217. The van der Waals surface area contributed by atoms with Gasteiger partial charge in [-0.05, 0) is 0 Å². The number of rotatable bonds is 2. The van der Waals surface area contributed by atoms with Gasteiger partial charge >= 0.3 is 0 Å². The van der Waals surface area contributed by atoms with Gasteiger partial charge in [0.25, 0.3) is 0 Å². The molecule has 0 saturated carbocycles. The van der Waals surface area contributed by atoms with Gasteiger partial charge in [-0.3, -0.25) is 5.09 Å². The normalized spacial score (nSPS) is 28.2. The molecule has 4 nitrogen and oxygen atoms in total. The fourth-order valence-electron chi connectivity index (χ4n) is 1.78. The highest BCUT2D eigenvalue weighted by Gasteiger charge is 2.20. The van der Waals surface area contributed by atoms with E-state index in [9.17, 15) is 0 Å². The molecule has 2 unspecified atom stereocenters. The second-order valence-electron chi connectivity index (χ2n) is 3.61. The van der Waals surface area contributed by atoms with E-state index < -0.39 is 0 Å². The van der Waals surface area contributed by atoms with Gasteiger partial charge in [0.15, 0.2) is 0 Å². The average Bonchev–Trinajstić information content (AvgIpc) is 2.30. The molecule has 1 N–H and O–H groups in total. The molecule has 5 heteroatoms. The van der Waals surface area contributed by atoms with Gasteiger partial charge in [0.1, 0.15) is 12.9 Å². The first-order valence-corrected chi connectivity index (χ1v) is 5.57. The van der Waals surface area contributed by atoms with Crippen LogP contribution < -0.4 is 5.09 Å². The highest BCUT2D eigenvalue weighted by atomic mass is 31.0. The molecule has 0 aromatic rings. The summed E-state index contributed by atoms with van der Waals surface area (Å²) in [5.41, 5.74) is 1.29. The second-order valence-corrected chi connectivity index (χ2v) is 3.94. The third-order valence-electron chi connectivity index (χ3n) is 2.63. The smallest absolute Gasteiger partial charge is 0.103 e. The van der Waals surface area contributed by atoms with Gasteiger partial charge in [-0.1, -0.05) is 9.39 Å². The van der Waals surface area contributed by atoms with Crippen LogP contribution in [0.4, 0.5) is 0 Å². The molecule has 0 aliphatic carbocycles. The topological polar surface area (TPSA) is 33.7 Å². The third kappa shape index (κ3) is 2.38. The molecule has 1 saturated heterocycles. The number of ether oxygens (including phenoxy) is 2. The fraction of sp³-hybridized carbons (Fsp3) is 0.778. The van der Waals surface area contributed by atoms with Gasteiger partial charge in [0, 0.05) is 25.6 Å². The van der Waals surface area contributed by atoms with Crippen LogP contribution in [0.3, 0.4) is 0 Å². The fourth-order valence-corrected chi connectivity index (χ4v) is 2.00. The second kappa shape index (κ2) is 4.96. The summed E-state index contributed by atoms with van der Waals surface area (Å²) in [6.45, 7) is 4.39. The summed E-state index contributed by atoms with van der Waals surface area (Å²) in [6.07, 6.45) is 2.94. The van der Waals surface area contributed by atoms with Crippen LogP contribution in [0.2, 0.25) is 0 Å². The number of nitrogens with one attached hydrogen (secondary N) is 1. The van der Waals surface area contributed by atoms with Crippen molar-refractivity contribution >= 4 is 9.39 Å². The van der Waals surface area contributed by atoms with Crippen molar-refractivity contribution in [3.8, 4) is 0 Å². The number of hydrogen-bond donors (Lipinski definition) is 1. The highest BCUT2D eigenvalue weighted by Crippen LogP contribution is 2.18. The van der Waals surface area contributed by atoms with Crippen LogP contribution in [-0.4, -0.2) is 43.9 Å². The Morgan fingerprint density at radius 1 is 1.43 bits per heavy atom. The maximum absolute atomic E-state index is 5.42. The summed E-state index contributed by atoms with van der Waals surface area (Å²) in [6, 6.07) is 0.419. The van der Waals surface area contributed by atoms with Crippen molar-refractivity contribution in [1.82, 2.24) is 9.99 Å². The molecule has 0 bridgehead atoms. The molecule has 1 fully saturated rings. The van der Waals surface area contributed by atoms with Crippen molar-refractivity contribution in [2.45, 2.75) is 12.5 Å². The van der Waals surface area contributed by atoms with Crippen LogP contribution in [0.15, 0.2) is 12.0 Å². The van der Waals surface area contributed by atoms with Gasteiger partial charge in [0.2, 0.25) is 0 Å². The zero-order chi connectivity index (χ0) is 9.80. The number of nitrogens with zero attached hydrogens (tertiary/aromatic N) is 1. The van der Waals surface area contributed by atoms with Gasteiger partial charge < -0.3 is 14.4 Å². The molecule has 2 atom stereocenters. The molecule has 0 spiro atoms. The van der Waals surface area contributed by atoms with Crippen molar-refractivity contribution in [2.24, 2.45) is 0 Å². The van der Waals surface area contributed by atoms with Crippen molar-refractivity contribution in [3.63, 3.8) is 0 Å². The Kier molecular flexibility index (Phi) is 3.62. The van der Waals surface area contributed by atoms with Crippen molar-refractivity contribution in [1.29, 1.82) is 0 Å². The van der Waals surface area contributed by atoms with E-state index in [2.05, 4.69) is 19.4 Å². The zero-order valence-electron chi connectivity index (χ0n) is 8.24. The van der Waals surface area contributed by atoms with E-state index in [1.165, 1.54) is 5.70 Å². The molecular formula is C9H17N2O2P. The molecule has 0 amide bonds. The summed E-state index contributed by atoms with van der Waals surface area (Å²) >= 11 is 0. The molecule has 80 valence electrons. The summed E-state index contributed by atoms with van der Waals surface area (Å²) < 4.78 is 10.7. The first kappa shape index (κ1) is 10.2. The molecule has 14 heavy (non-hydrogen) atoms. The molecule has 2 rings (SSSR count). The number of hydrogen-bond acceptors (Lipinski definition) is 4. The summed E-state index contributed by atoms with van der Waals surface area (Å²) in [5.74, 6) is 0. The zero-order valence-corrected chi connectivity index (χ0v) is 9.39. The van der Waals surface area contributed by atoms with Crippen LogP contribution >= 0.6 is 9.39 Å². The van der Waals surface area contributed by atoms with Gasteiger partial charge in [-0.25, -0.2) is 0 Å². The minimum Gasteiger partial charge on any atom is -0.498 e. The largest absolute Gasteiger partial charge is 0.498 e. The monoisotopic (exact) mass is 216 g/mol. The first-order chi connectivity index (χ1) is 6.90. The van der Waals surface area contributed by atoms with Gasteiger partial charge in [0.05, 0.1) is 18.9 Å². The Balaban J connectivity index is 1.92. The van der Waals surface area contributed by atoms with Crippen LogP contribution in [-0.2, 0) is 9.47 Å². The standard InChI is InChI=1S/C9H17N2O2P/c14-10-8-5-9(7-13-6-8)11-1-3-12-4-2-11/h7-8,10H,1-6,14H2. The Hall–Kier alpha value is -0.310. The van der Waals surface area contributed by atoms with Crippen molar-refractivity contribution < 1.29 is 9.47 Å². The van der Waals surface area contributed by atoms with E-state index in [1.54, 1.807) is 0 Å². The van der Waals surface area contributed by atoms with Gasteiger partial charge in [-0.15, -0.1) is 0 Å². The highest BCUT2D eigenvalue weighted by molar-refractivity contribution is 7.13. The van der Waals surface area contributed by atoms with Crippen molar-refractivity contribution in [3.05, 3.63) is 12.0 Å². The molecule has 0 aromatic heterocycles. The van der Waals surface area contributed by atoms with E-state index in [-0.39, 0.29) is 0 Å². The van der Waals surface area contributed by atoms with Gasteiger partial charge in [-0.2, -0.15) is 0 Å². The number of morpholine rings is 1. The van der Waals surface area contributed by atoms with E-state index in [0.29, 0.717) is 6.04 Å². The molecule has 2 heterocycles. The first-order valence-electron chi connectivity index (χ1n) is 4.99. The van der Waals surface area contributed by atoms with Crippen LogP contribution in [0.1, 0.15) is 6.42 Å². The van der Waals surface area contributed by atoms with Crippen molar-refractivity contribution in [2.75, 3.05) is 32.9 Å². The molecule has 2 aliphatic heterocycles. The van der Waals surface area contributed by atoms with E-state index >= 15 is 0 Å². The molecule has 2 aliphatic rings. The molecular weight excluding hydrogens is 199 g/mol. The van der Waals surface area contributed by atoms with E-state index in [1.807, 2.05) is 6.26 Å². The quantitative estimate of drug-likeness (QED) is 0.674. The third-order valence-corrected chi connectivity index (χ3v) is 3.10. The minimum atomic E-state index is 0.419. The average molecular weight is 216 g/mol. The predicted molar refractivity (Wildman–Crippen MR) is 57.7 cm³/mol. The van der Waals surface area contributed by atoms with Crippen LogP contribution in [0, 0.1) is 0 Å². The van der Waals surface area contributed by atoms with Crippen LogP contribution in [0.5, 0.6) is 0 Å². The lowest BCUT2D eigenvalue weighted by molar-refractivity contribution is 0.0449. The summed E-state index contributed by atoms with van der Waals surface area (Å²) in [5, 5.41) is 3.17. The Morgan fingerprint density at radius 3 is 2.93 bits per heavy atom. The van der Waals surface area contributed by atoms with E-state index in [0.717, 1.165) is 39.3 Å².